The van der Waals surface area contributed by atoms with E-state index in [1.807, 2.05) is 0 Å². The van der Waals surface area contributed by atoms with E-state index in [1.54, 1.807) is 44.2 Å². The number of aliphatic hydroxyl groups excluding tert-OH is 2. The summed E-state index contributed by atoms with van der Waals surface area (Å²) < 4.78 is 56.1. The number of hydrogen-bond acceptors (Lipinski definition) is 15. The van der Waals surface area contributed by atoms with E-state index in [0.29, 0.717) is 5.56 Å². The van der Waals surface area contributed by atoms with Crippen LogP contribution >= 0.6 is 6.72 Å². The van der Waals surface area contributed by atoms with Crippen LogP contribution in [0.2, 0.25) is 0 Å². The number of imidazole rings is 2. The van der Waals surface area contributed by atoms with E-state index >= 15 is 8.78 Å². The Labute approximate surface area is 313 Å². The van der Waals surface area contributed by atoms with Crippen LogP contribution in [0.5, 0.6) is 0 Å². The van der Waals surface area contributed by atoms with Crippen LogP contribution in [0.25, 0.3) is 22.3 Å². The molecule has 23 heteroatoms. The highest BCUT2D eigenvalue weighted by atomic mass is 32.5. The minimum atomic E-state index is -4.46. The summed E-state index contributed by atoms with van der Waals surface area (Å²) in [5, 5.41) is 23.0. The fraction of sp³-hybridized carbons (Fsp3) is 0.438. The van der Waals surface area contributed by atoms with Gasteiger partial charge in [-0.15, -0.1) is 0 Å². The van der Waals surface area contributed by atoms with Crippen molar-refractivity contribution in [1.29, 1.82) is 0 Å². The minimum Gasteiger partial charge on any atom is -0.394 e. The molecular formula is C32H34F2N9O10PS. The number of ketones is 1. The van der Waals surface area contributed by atoms with Crippen molar-refractivity contribution >= 4 is 58.5 Å². The smallest absolute Gasteiger partial charge is 0.325 e. The molecule has 0 spiro atoms. The Morgan fingerprint density at radius 1 is 1.02 bits per heavy atom. The van der Waals surface area contributed by atoms with Crippen molar-refractivity contribution in [2.75, 3.05) is 18.5 Å². The molecule has 0 saturated carbocycles. The van der Waals surface area contributed by atoms with E-state index in [2.05, 4.69) is 35.2 Å². The van der Waals surface area contributed by atoms with Gasteiger partial charge >= 0.3 is 6.72 Å². The first-order valence-electron chi connectivity index (χ1n) is 16.8. The van der Waals surface area contributed by atoms with Gasteiger partial charge in [0.25, 0.3) is 5.56 Å². The van der Waals surface area contributed by atoms with E-state index in [9.17, 15) is 29.5 Å². The number of carbonyl (C=O) groups is 2. The largest absolute Gasteiger partial charge is 0.394 e. The number of fused-ring (bicyclic) bond motifs is 2. The van der Waals surface area contributed by atoms with Gasteiger partial charge in [-0.05, 0) is 11.8 Å². The lowest BCUT2D eigenvalue weighted by atomic mass is 10.1. The average Bonchev–Trinajstić information content (AvgIpc) is 3.92. The molecule has 5 aromatic rings. The summed E-state index contributed by atoms with van der Waals surface area (Å²) >= 11 is 5.16. The number of halogens is 2. The van der Waals surface area contributed by atoms with Crippen molar-refractivity contribution in [2.24, 2.45) is 5.92 Å². The molecule has 6 heterocycles. The first kappa shape index (κ1) is 38.8. The Morgan fingerprint density at radius 3 is 2.42 bits per heavy atom. The van der Waals surface area contributed by atoms with Gasteiger partial charge in [-0.1, -0.05) is 44.2 Å². The predicted octanol–water partition coefficient (Wildman–Crippen LogP) is 1.42. The van der Waals surface area contributed by atoms with E-state index in [1.165, 1.54) is 17.2 Å². The Bertz CT molecular complexity index is 2330. The molecule has 1 aromatic carbocycles. The highest BCUT2D eigenvalue weighted by Crippen LogP contribution is 2.51. The molecule has 9 atom stereocenters. The second kappa shape index (κ2) is 15.6. The number of hydrogen-bond donors (Lipinski definition) is 5. The number of rotatable bonds is 13. The zero-order chi connectivity index (χ0) is 39.2. The summed E-state index contributed by atoms with van der Waals surface area (Å²) in [6.45, 7) is -2.74. The second-order valence-corrected chi connectivity index (χ2v) is 15.8. The number of alkyl halides is 2. The van der Waals surface area contributed by atoms with Crippen molar-refractivity contribution in [1.82, 2.24) is 39.0 Å². The third-order valence-corrected chi connectivity index (χ3v) is 10.6. The fourth-order valence-corrected chi connectivity index (χ4v) is 7.53. The molecule has 4 aromatic heterocycles. The quantitative estimate of drug-likeness (QED) is 0.0834. The number of aromatic amines is 1. The number of carbonyl (C=O) groups excluding carboxylic acids is 2. The number of H-pyrrole nitrogens is 1. The van der Waals surface area contributed by atoms with Crippen LogP contribution in [0.4, 0.5) is 14.7 Å². The van der Waals surface area contributed by atoms with Crippen LogP contribution < -0.4 is 10.9 Å². The maximum Gasteiger partial charge on any atom is 0.325 e. The van der Waals surface area contributed by atoms with Gasteiger partial charge in [0.05, 0.1) is 38.0 Å². The number of Topliss-reactive ketones (excluding diaryl/α,β-unsaturated/α-hetero) is 1. The highest BCUT2D eigenvalue weighted by Gasteiger charge is 2.51. The molecule has 0 radical (unpaired) electrons. The number of nitrogens with one attached hydrogen (secondary N) is 2. The van der Waals surface area contributed by atoms with Gasteiger partial charge in [-0.2, -0.15) is 4.98 Å². The molecule has 55 heavy (non-hydrogen) atoms. The van der Waals surface area contributed by atoms with Gasteiger partial charge in [-0.3, -0.25) is 38.3 Å². The van der Waals surface area contributed by atoms with Crippen molar-refractivity contribution in [2.45, 2.75) is 69.5 Å². The molecule has 0 bridgehead atoms. The zero-order valence-corrected chi connectivity index (χ0v) is 30.6. The van der Waals surface area contributed by atoms with E-state index < -0.39 is 86.5 Å². The first-order valence-corrected chi connectivity index (χ1v) is 19.4. The monoisotopic (exact) mass is 805 g/mol. The van der Waals surface area contributed by atoms with Crippen LogP contribution in [0.3, 0.4) is 0 Å². The normalized spacial score (nSPS) is 26.5. The summed E-state index contributed by atoms with van der Waals surface area (Å²) in [5.74, 6) is -1.36. The number of anilines is 1. The Morgan fingerprint density at radius 2 is 1.71 bits per heavy atom. The van der Waals surface area contributed by atoms with Gasteiger partial charge in [0.1, 0.15) is 36.3 Å². The van der Waals surface area contributed by atoms with Crippen LogP contribution in [0, 0.1) is 5.92 Å². The van der Waals surface area contributed by atoms with Crippen LogP contribution in [-0.2, 0) is 41.5 Å². The molecule has 2 fully saturated rings. The predicted molar refractivity (Wildman–Crippen MR) is 189 cm³/mol. The molecule has 2 saturated heterocycles. The number of aliphatic hydroxyl groups is 2. The SMILES string of the molecule is CC(C)C(=O)Nc1nc2c(ncn2[C@@H]2O[C@H](CO)[C@@H](F)[C@H]2OP(O)(=S)OC[C@H]2O[C@@H](n3cnc4c(CC(=O)c5ccccc5)ncnc43)[C@H](F)[C@@H]2O)c(=O)[nH]1. The first-order chi connectivity index (χ1) is 26.3. The summed E-state index contributed by atoms with van der Waals surface area (Å²) in [6, 6.07) is 8.56. The molecule has 19 nitrogen and oxygen atoms in total. The number of nitrogens with zero attached hydrogens (tertiary/aromatic N) is 7. The van der Waals surface area contributed by atoms with Gasteiger partial charge in [0, 0.05) is 11.5 Å². The molecule has 1 unspecified atom stereocenters. The summed E-state index contributed by atoms with van der Waals surface area (Å²) in [5.41, 5.74) is -0.00242. The third kappa shape index (κ3) is 7.69. The molecule has 7 rings (SSSR count). The topological polar surface area (TPSA) is 251 Å². The fourth-order valence-electron chi connectivity index (χ4n) is 6.12. The van der Waals surface area contributed by atoms with Gasteiger partial charge in [-0.25, -0.2) is 28.7 Å². The Kier molecular flexibility index (Phi) is 11.0. The second-order valence-electron chi connectivity index (χ2n) is 13.0. The summed E-state index contributed by atoms with van der Waals surface area (Å²) in [6.07, 6.45) is -10.2. The number of ether oxygens (including phenoxy) is 2. The maximum absolute atomic E-state index is 15.7. The molecule has 2 aliphatic rings. The standard InChI is InChI=1S/C32H34F2N9O10PS/c1-14(2)28(47)40-32-39-27-23(29(48)41-32)38-13-43(27)31-25(20(33)18(9-44)51-31)53-54(49,55)50-10-19-24(46)21(34)30(52-19)42-12-37-22-16(35-11-36-26(22)42)8-17(45)15-6-4-3-5-7-15/h3-7,11-14,18-21,24-25,30-31,44,46H,8-10H2,1-2H3,(H,49,55)(H2,39,40,41,47,48)/t18-,19-,20-,21-,24-,25-,30-,31-,54?/m1/s1. The number of aromatic nitrogens is 8. The van der Waals surface area contributed by atoms with Crippen molar-refractivity contribution < 1.29 is 52.0 Å². The van der Waals surface area contributed by atoms with Crippen molar-refractivity contribution in [3.05, 3.63) is 70.9 Å². The Balaban J connectivity index is 1.06. The minimum absolute atomic E-state index is 0.111. The molecule has 5 N–H and O–H groups in total. The van der Waals surface area contributed by atoms with Crippen LogP contribution in [-0.4, -0.2) is 116 Å². The van der Waals surface area contributed by atoms with E-state index in [0.717, 1.165) is 10.9 Å². The number of benzene rings is 1. The average molecular weight is 806 g/mol. The lowest BCUT2D eigenvalue weighted by Gasteiger charge is -2.26. The molecule has 292 valence electrons. The zero-order valence-electron chi connectivity index (χ0n) is 28.9. The van der Waals surface area contributed by atoms with E-state index in [4.69, 9.17) is 30.3 Å². The summed E-state index contributed by atoms with van der Waals surface area (Å²) in [7, 11) is 0. The van der Waals surface area contributed by atoms with Crippen molar-refractivity contribution in [3.63, 3.8) is 0 Å². The van der Waals surface area contributed by atoms with Crippen molar-refractivity contribution in [3.8, 4) is 0 Å². The summed E-state index contributed by atoms with van der Waals surface area (Å²) in [4.78, 5) is 72.2. The number of amides is 1. The molecule has 1 amide bonds. The lowest BCUT2D eigenvalue weighted by Crippen LogP contribution is -2.33. The molecule has 0 aliphatic carbocycles. The Hall–Kier alpha value is -4.51. The van der Waals surface area contributed by atoms with E-state index in [-0.39, 0.29) is 46.2 Å². The van der Waals surface area contributed by atoms with Crippen LogP contribution in [0.15, 0.2) is 54.1 Å². The van der Waals surface area contributed by atoms with Gasteiger partial charge < -0.3 is 29.1 Å². The van der Waals surface area contributed by atoms with Gasteiger partial charge in [0.2, 0.25) is 11.9 Å². The van der Waals surface area contributed by atoms with Gasteiger partial charge in [0.15, 0.2) is 47.4 Å². The lowest BCUT2D eigenvalue weighted by molar-refractivity contribution is -0.118. The third-order valence-electron chi connectivity index (χ3n) is 9.00. The molecular weight excluding hydrogens is 771 g/mol. The van der Waals surface area contributed by atoms with Crippen LogP contribution in [0.1, 0.15) is 42.4 Å². The molecule has 2 aliphatic heterocycles. The highest BCUT2D eigenvalue weighted by molar-refractivity contribution is 8.07. The maximum atomic E-state index is 15.7.